The number of methoxy groups -OCH3 is 1. The third-order valence-electron chi connectivity index (χ3n) is 4.72. The Morgan fingerprint density at radius 1 is 1.15 bits per heavy atom. The van der Waals surface area contributed by atoms with Crippen LogP contribution in [-0.4, -0.2) is 22.6 Å². The van der Waals surface area contributed by atoms with Gasteiger partial charge >= 0.3 is 0 Å². The van der Waals surface area contributed by atoms with E-state index in [0.717, 1.165) is 35.7 Å². The molecule has 5 heteroatoms. The second-order valence-electron chi connectivity index (χ2n) is 6.51. The molecular formula is C22H25N3O2. The number of aryl methyl sites for hydroxylation is 1. The lowest BCUT2D eigenvalue weighted by atomic mass is 10.0. The summed E-state index contributed by atoms with van der Waals surface area (Å²) in [5.74, 6) is 1.72. The van der Waals surface area contributed by atoms with Gasteiger partial charge < -0.3 is 14.6 Å². The summed E-state index contributed by atoms with van der Waals surface area (Å²) in [6.07, 6.45) is 4.56. The molecule has 27 heavy (non-hydrogen) atoms. The molecular weight excluding hydrogens is 338 g/mol. The van der Waals surface area contributed by atoms with Crippen molar-refractivity contribution < 1.29 is 9.53 Å². The average Bonchev–Trinajstić information content (AvgIpc) is 3.11. The summed E-state index contributed by atoms with van der Waals surface area (Å²) in [4.78, 5) is 16.9. The number of ether oxygens (including phenoxy) is 1. The molecule has 1 aromatic heterocycles. The Balaban J connectivity index is 1.66. The summed E-state index contributed by atoms with van der Waals surface area (Å²) in [5.41, 5.74) is 2.86. The average molecular weight is 363 g/mol. The van der Waals surface area contributed by atoms with Crippen LogP contribution >= 0.6 is 0 Å². The number of nitrogens with one attached hydrogen (secondary N) is 1. The van der Waals surface area contributed by atoms with E-state index < -0.39 is 0 Å². The van der Waals surface area contributed by atoms with Crippen LogP contribution in [0, 0.1) is 6.92 Å². The third kappa shape index (κ3) is 4.56. The highest BCUT2D eigenvalue weighted by molar-refractivity contribution is 5.94. The van der Waals surface area contributed by atoms with Crippen LogP contribution in [0.5, 0.6) is 5.75 Å². The fourth-order valence-electron chi connectivity index (χ4n) is 3.03. The zero-order valence-corrected chi connectivity index (χ0v) is 16.0. The Morgan fingerprint density at radius 2 is 1.85 bits per heavy atom. The second kappa shape index (κ2) is 8.54. The Labute approximate surface area is 160 Å². The van der Waals surface area contributed by atoms with Crippen LogP contribution < -0.4 is 10.1 Å². The van der Waals surface area contributed by atoms with Crippen LogP contribution in [0.25, 0.3) is 0 Å². The molecule has 0 fully saturated rings. The minimum atomic E-state index is -0.0666. The lowest BCUT2D eigenvalue weighted by molar-refractivity contribution is 0.0935. The monoisotopic (exact) mass is 363 g/mol. The van der Waals surface area contributed by atoms with E-state index in [1.165, 1.54) is 0 Å². The largest absolute Gasteiger partial charge is 0.497 e. The van der Waals surface area contributed by atoms with Gasteiger partial charge in [0.25, 0.3) is 5.91 Å². The number of rotatable bonds is 7. The number of hydrogen-bond acceptors (Lipinski definition) is 3. The number of benzene rings is 2. The number of hydrogen-bond donors (Lipinski definition) is 1. The fraction of sp³-hybridized carbons (Fsp3) is 0.273. The molecule has 0 saturated heterocycles. The molecule has 1 amide bonds. The highest BCUT2D eigenvalue weighted by atomic mass is 16.5. The number of aromatic nitrogens is 2. The summed E-state index contributed by atoms with van der Waals surface area (Å²) < 4.78 is 7.27. The van der Waals surface area contributed by atoms with E-state index in [-0.39, 0.29) is 11.9 Å². The van der Waals surface area contributed by atoms with Crippen LogP contribution in [-0.2, 0) is 6.54 Å². The number of carbonyl (C=O) groups is 1. The highest BCUT2D eigenvalue weighted by Gasteiger charge is 2.14. The van der Waals surface area contributed by atoms with Crippen molar-refractivity contribution in [2.75, 3.05) is 7.11 Å². The molecule has 2 aromatic carbocycles. The number of imidazole rings is 1. The summed E-state index contributed by atoms with van der Waals surface area (Å²) in [5, 5.41) is 3.12. The molecule has 0 aliphatic heterocycles. The molecule has 1 heterocycles. The van der Waals surface area contributed by atoms with Crippen LogP contribution in [0.4, 0.5) is 0 Å². The van der Waals surface area contributed by atoms with Gasteiger partial charge in [-0.25, -0.2) is 4.98 Å². The van der Waals surface area contributed by atoms with Crippen molar-refractivity contribution in [2.24, 2.45) is 0 Å². The SMILES string of the molecule is CC[C@@H](NC(=O)c1ccc(Cn2ccnc2C)cc1)c1ccc(OC)cc1. The normalized spacial score (nSPS) is 11.8. The van der Waals surface area contributed by atoms with Gasteiger partial charge in [-0.05, 0) is 48.7 Å². The van der Waals surface area contributed by atoms with E-state index in [4.69, 9.17) is 4.74 Å². The summed E-state index contributed by atoms with van der Waals surface area (Å²) in [6.45, 7) is 4.79. The quantitative estimate of drug-likeness (QED) is 0.687. The van der Waals surface area contributed by atoms with Gasteiger partial charge in [-0.3, -0.25) is 4.79 Å². The molecule has 0 unspecified atom stereocenters. The molecule has 0 spiro atoms. The first-order valence-corrected chi connectivity index (χ1v) is 9.12. The van der Waals surface area contributed by atoms with Crippen molar-refractivity contribution >= 4 is 5.91 Å². The molecule has 140 valence electrons. The Hall–Kier alpha value is -3.08. The second-order valence-corrected chi connectivity index (χ2v) is 6.51. The van der Waals surface area contributed by atoms with Crippen molar-refractivity contribution in [3.05, 3.63) is 83.4 Å². The van der Waals surface area contributed by atoms with E-state index in [0.29, 0.717) is 5.56 Å². The molecule has 0 aliphatic rings. The van der Waals surface area contributed by atoms with Gasteiger partial charge in [-0.15, -0.1) is 0 Å². The van der Waals surface area contributed by atoms with Crippen molar-refractivity contribution in [3.63, 3.8) is 0 Å². The van der Waals surface area contributed by atoms with Crippen LogP contribution in [0.2, 0.25) is 0 Å². The molecule has 0 aliphatic carbocycles. The molecule has 5 nitrogen and oxygen atoms in total. The highest BCUT2D eigenvalue weighted by Crippen LogP contribution is 2.20. The molecule has 0 bridgehead atoms. The Kier molecular flexibility index (Phi) is 5.91. The smallest absolute Gasteiger partial charge is 0.251 e. The lowest BCUT2D eigenvalue weighted by Gasteiger charge is -2.18. The van der Waals surface area contributed by atoms with Gasteiger partial charge in [0.2, 0.25) is 0 Å². The molecule has 1 N–H and O–H groups in total. The van der Waals surface area contributed by atoms with Crippen molar-refractivity contribution in [1.29, 1.82) is 0 Å². The Bertz CT molecular complexity index is 883. The van der Waals surface area contributed by atoms with Crippen LogP contribution in [0.3, 0.4) is 0 Å². The first-order valence-electron chi connectivity index (χ1n) is 9.12. The zero-order chi connectivity index (χ0) is 19.2. The number of carbonyl (C=O) groups excluding carboxylic acids is 1. The standard InChI is InChI=1S/C22H25N3O2/c1-4-21(18-9-11-20(27-3)12-10-18)24-22(26)19-7-5-17(6-8-19)15-25-14-13-23-16(25)2/h5-14,21H,4,15H2,1-3H3,(H,24,26)/t21-/m1/s1. The molecule has 3 rings (SSSR count). The summed E-state index contributed by atoms with van der Waals surface area (Å²) >= 11 is 0. The van der Waals surface area contributed by atoms with E-state index in [1.54, 1.807) is 13.3 Å². The summed E-state index contributed by atoms with van der Waals surface area (Å²) in [7, 11) is 1.64. The number of amides is 1. The van der Waals surface area contributed by atoms with Crippen LogP contribution in [0.1, 0.15) is 46.7 Å². The van der Waals surface area contributed by atoms with E-state index in [1.807, 2.05) is 61.7 Å². The summed E-state index contributed by atoms with van der Waals surface area (Å²) in [6, 6.07) is 15.5. The maximum Gasteiger partial charge on any atom is 0.251 e. The topological polar surface area (TPSA) is 56.2 Å². The third-order valence-corrected chi connectivity index (χ3v) is 4.72. The van der Waals surface area contributed by atoms with E-state index in [2.05, 4.69) is 21.8 Å². The maximum absolute atomic E-state index is 12.6. The van der Waals surface area contributed by atoms with Crippen molar-refractivity contribution in [1.82, 2.24) is 14.9 Å². The van der Waals surface area contributed by atoms with E-state index >= 15 is 0 Å². The number of nitrogens with zero attached hydrogens (tertiary/aromatic N) is 2. The lowest BCUT2D eigenvalue weighted by Crippen LogP contribution is -2.28. The minimum absolute atomic E-state index is 0.0309. The van der Waals surface area contributed by atoms with Gasteiger partial charge in [0, 0.05) is 24.5 Å². The van der Waals surface area contributed by atoms with Gasteiger partial charge in [0.15, 0.2) is 0 Å². The van der Waals surface area contributed by atoms with Gasteiger partial charge in [0.05, 0.1) is 13.2 Å². The van der Waals surface area contributed by atoms with Crippen molar-refractivity contribution in [2.45, 2.75) is 32.9 Å². The molecule has 0 saturated carbocycles. The van der Waals surface area contributed by atoms with Gasteiger partial charge in [-0.2, -0.15) is 0 Å². The maximum atomic E-state index is 12.6. The molecule has 0 radical (unpaired) electrons. The zero-order valence-electron chi connectivity index (χ0n) is 16.0. The van der Waals surface area contributed by atoms with E-state index in [9.17, 15) is 4.79 Å². The fourth-order valence-corrected chi connectivity index (χ4v) is 3.03. The van der Waals surface area contributed by atoms with Crippen LogP contribution in [0.15, 0.2) is 60.9 Å². The minimum Gasteiger partial charge on any atom is -0.497 e. The van der Waals surface area contributed by atoms with Gasteiger partial charge in [-0.1, -0.05) is 31.2 Å². The first-order chi connectivity index (χ1) is 13.1. The van der Waals surface area contributed by atoms with Crippen molar-refractivity contribution in [3.8, 4) is 5.75 Å². The molecule has 1 atom stereocenters. The predicted octanol–water partition coefficient (Wildman–Crippen LogP) is 4.13. The predicted molar refractivity (Wildman–Crippen MR) is 106 cm³/mol. The van der Waals surface area contributed by atoms with Gasteiger partial charge in [0.1, 0.15) is 11.6 Å². The first kappa shape index (κ1) is 18.7. The Morgan fingerprint density at radius 3 is 2.41 bits per heavy atom. The molecule has 3 aromatic rings.